The van der Waals surface area contributed by atoms with E-state index in [1.807, 2.05) is 6.07 Å². The van der Waals surface area contributed by atoms with Gasteiger partial charge in [0.05, 0.1) is 0 Å². The topological polar surface area (TPSA) is 41.5 Å². The van der Waals surface area contributed by atoms with E-state index in [-0.39, 0.29) is 0 Å². The van der Waals surface area contributed by atoms with Gasteiger partial charge >= 0.3 is 0 Å². The fraction of sp³-hybridized carbons (Fsp3) is 0.625. The molecule has 1 aliphatic heterocycles. The Bertz CT molecular complexity index is 427. The van der Waals surface area contributed by atoms with Crippen molar-refractivity contribution in [1.82, 2.24) is 5.32 Å². The molecule has 1 fully saturated rings. The summed E-state index contributed by atoms with van der Waals surface area (Å²) in [5, 5.41) is 13.2. The van der Waals surface area contributed by atoms with Gasteiger partial charge in [-0.15, -0.1) is 0 Å². The Morgan fingerprint density at radius 3 is 3.05 bits per heavy atom. The van der Waals surface area contributed by atoms with Gasteiger partial charge in [0, 0.05) is 19.3 Å². The summed E-state index contributed by atoms with van der Waals surface area (Å²) in [6.07, 6.45) is 5.82. The number of ether oxygens (including phenoxy) is 1. The Kier molecular flexibility index (Phi) is 4.04. The highest BCUT2D eigenvalue weighted by atomic mass is 16.5. The molecule has 0 spiro atoms. The Morgan fingerprint density at radius 1 is 1.26 bits per heavy atom. The number of fused-ring (bicyclic) bond motifs is 1. The van der Waals surface area contributed by atoms with Crippen molar-refractivity contribution < 1.29 is 9.84 Å². The fourth-order valence-corrected chi connectivity index (χ4v) is 3.22. The second-order valence-electron chi connectivity index (χ2n) is 5.87. The minimum Gasteiger partial charge on any atom is -0.508 e. The Morgan fingerprint density at radius 2 is 2.21 bits per heavy atom. The van der Waals surface area contributed by atoms with Crippen molar-refractivity contribution in [3.8, 4) is 5.75 Å². The number of rotatable bonds is 4. The average molecular weight is 261 g/mol. The van der Waals surface area contributed by atoms with Gasteiger partial charge < -0.3 is 15.2 Å². The molecule has 0 saturated carbocycles. The van der Waals surface area contributed by atoms with Gasteiger partial charge in [0.25, 0.3) is 0 Å². The van der Waals surface area contributed by atoms with Gasteiger partial charge in [-0.25, -0.2) is 0 Å². The molecule has 1 aromatic carbocycles. The van der Waals surface area contributed by atoms with E-state index in [0.717, 1.165) is 38.5 Å². The summed E-state index contributed by atoms with van der Waals surface area (Å²) in [7, 11) is 0. The van der Waals surface area contributed by atoms with Crippen LogP contribution in [0.5, 0.6) is 5.75 Å². The molecule has 0 bridgehead atoms. The third-order valence-corrected chi connectivity index (χ3v) is 4.43. The first-order valence-corrected chi connectivity index (χ1v) is 7.43. The van der Waals surface area contributed by atoms with Crippen LogP contribution in [0.1, 0.15) is 30.4 Å². The Balaban J connectivity index is 1.47. The predicted molar refractivity (Wildman–Crippen MR) is 75.5 cm³/mol. The summed E-state index contributed by atoms with van der Waals surface area (Å²) in [6, 6.07) is 6.39. The molecule has 3 nitrogen and oxygen atoms in total. The molecular weight excluding hydrogens is 238 g/mol. The predicted octanol–water partition coefficient (Wildman–Crippen LogP) is 2.27. The third kappa shape index (κ3) is 3.28. The molecule has 0 radical (unpaired) electrons. The maximum absolute atomic E-state index is 9.49. The first-order chi connectivity index (χ1) is 9.31. The van der Waals surface area contributed by atoms with Gasteiger partial charge in [-0.1, -0.05) is 6.07 Å². The molecule has 1 aliphatic carbocycles. The molecule has 2 atom stereocenters. The molecule has 1 saturated heterocycles. The standard InChI is InChI=1S/C16H23NO2/c18-16-4-2-13-9-15(3-1-14(13)10-16)17-7-5-12-6-8-19-11-12/h2,4,10,12,15,17-18H,1,3,5-9,11H2. The van der Waals surface area contributed by atoms with E-state index in [4.69, 9.17) is 4.74 Å². The molecule has 104 valence electrons. The van der Waals surface area contributed by atoms with Gasteiger partial charge in [-0.2, -0.15) is 0 Å². The number of benzene rings is 1. The summed E-state index contributed by atoms with van der Waals surface area (Å²) in [5.41, 5.74) is 2.72. The average Bonchev–Trinajstić information content (AvgIpc) is 2.92. The van der Waals surface area contributed by atoms with E-state index >= 15 is 0 Å². The lowest BCUT2D eigenvalue weighted by Crippen LogP contribution is -2.35. The monoisotopic (exact) mass is 261 g/mol. The van der Waals surface area contributed by atoms with Gasteiger partial charge in [-0.3, -0.25) is 0 Å². The van der Waals surface area contributed by atoms with Crippen molar-refractivity contribution >= 4 is 0 Å². The maximum atomic E-state index is 9.49. The smallest absolute Gasteiger partial charge is 0.115 e. The number of hydrogen-bond donors (Lipinski definition) is 2. The molecule has 2 unspecified atom stereocenters. The van der Waals surface area contributed by atoms with E-state index in [1.54, 1.807) is 6.07 Å². The van der Waals surface area contributed by atoms with E-state index in [9.17, 15) is 5.11 Å². The summed E-state index contributed by atoms with van der Waals surface area (Å²) >= 11 is 0. The van der Waals surface area contributed by atoms with Crippen molar-refractivity contribution in [3.05, 3.63) is 29.3 Å². The van der Waals surface area contributed by atoms with Gasteiger partial charge in [0.1, 0.15) is 5.75 Å². The Hall–Kier alpha value is -1.06. The van der Waals surface area contributed by atoms with Crippen LogP contribution in [-0.4, -0.2) is 30.9 Å². The summed E-state index contributed by atoms with van der Waals surface area (Å²) in [5.74, 6) is 1.16. The minimum absolute atomic E-state index is 0.395. The summed E-state index contributed by atoms with van der Waals surface area (Å²) in [6.45, 7) is 3.01. The van der Waals surface area contributed by atoms with Gasteiger partial charge in [0.2, 0.25) is 0 Å². The number of nitrogens with one attached hydrogen (secondary N) is 1. The number of phenolic OH excluding ortho intramolecular Hbond substituents is 1. The lowest BCUT2D eigenvalue weighted by atomic mass is 9.88. The zero-order valence-corrected chi connectivity index (χ0v) is 11.4. The van der Waals surface area contributed by atoms with Crippen molar-refractivity contribution in [2.45, 2.75) is 38.1 Å². The van der Waals surface area contributed by atoms with Gasteiger partial charge in [-0.05, 0) is 67.8 Å². The maximum Gasteiger partial charge on any atom is 0.115 e. The number of phenols is 1. The highest BCUT2D eigenvalue weighted by molar-refractivity contribution is 5.37. The molecule has 1 aromatic rings. The molecule has 3 rings (SSSR count). The lowest BCUT2D eigenvalue weighted by Gasteiger charge is -2.26. The third-order valence-electron chi connectivity index (χ3n) is 4.43. The van der Waals surface area contributed by atoms with E-state index in [2.05, 4.69) is 11.4 Å². The first kappa shape index (κ1) is 12.9. The Labute approximate surface area is 115 Å². The molecule has 2 aliphatic rings. The quantitative estimate of drug-likeness (QED) is 0.873. The largest absolute Gasteiger partial charge is 0.508 e. The zero-order valence-electron chi connectivity index (χ0n) is 11.4. The first-order valence-electron chi connectivity index (χ1n) is 7.43. The molecule has 19 heavy (non-hydrogen) atoms. The van der Waals surface area contributed by atoms with Crippen LogP contribution in [0.4, 0.5) is 0 Å². The van der Waals surface area contributed by atoms with Crippen molar-refractivity contribution in [3.63, 3.8) is 0 Å². The minimum atomic E-state index is 0.395. The molecule has 0 amide bonds. The number of aryl methyl sites for hydroxylation is 1. The van der Waals surface area contributed by atoms with Crippen molar-refractivity contribution in [2.24, 2.45) is 5.92 Å². The summed E-state index contributed by atoms with van der Waals surface area (Å²) in [4.78, 5) is 0. The van der Waals surface area contributed by atoms with Crippen LogP contribution in [0.3, 0.4) is 0 Å². The van der Waals surface area contributed by atoms with E-state index in [1.165, 1.54) is 30.4 Å². The van der Waals surface area contributed by atoms with Crippen LogP contribution < -0.4 is 5.32 Å². The summed E-state index contributed by atoms with van der Waals surface area (Å²) < 4.78 is 5.41. The lowest BCUT2D eigenvalue weighted by molar-refractivity contribution is 0.184. The van der Waals surface area contributed by atoms with Crippen molar-refractivity contribution in [1.29, 1.82) is 0 Å². The normalized spacial score (nSPS) is 26.3. The van der Waals surface area contributed by atoms with Crippen LogP contribution in [0.15, 0.2) is 18.2 Å². The van der Waals surface area contributed by atoms with E-state index < -0.39 is 0 Å². The van der Waals surface area contributed by atoms with Gasteiger partial charge in [0.15, 0.2) is 0 Å². The second-order valence-corrected chi connectivity index (χ2v) is 5.87. The van der Waals surface area contributed by atoms with E-state index in [0.29, 0.717) is 11.8 Å². The second kappa shape index (κ2) is 5.93. The van der Waals surface area contributed by atoms with Crippen LogP contribution in [0, 0.1) is 5.92 Å². The highest BCUT2D eigenvalue weighted by Gasteiger charge is 2.20. The molecule has 3 heteroatoms. The molecule has 1 heterocycles. The van der Waals surface area contributed by atoms with Crippen LogP contribution in [-0.2, 0) is 17.6 Å². The van der Waals surface area contributed by atoms with Crippen LogP contribution >= 0.6 is 0 Å². The fourth-order valence-electron chi connectivity index (χ4n) is 3.22. The van der Waals surface area contributed by atoms with Crippen LogP contribution in [0.25, 0.3) is 0 Å². The molecule has 0 aromatic heterocycles. The highest BCUT2D eigenvalue weighted by Crippen LogP contribution is 2.25. The molecular formula is C16H23NO2. The zero-order chi connectivity index (χ0) is 13.1. The van der Waals surface area contributed by atoms with Crippen molar-refractivity contribution in [2.75, 3.05) is 19.8 Å². The number of aromatic hydroxyl groups is 1. The number of hydrogen-bond acceptors (Lipinski definition) is 3. The molecule has 2 N–H and O–H groups in total. The SMILES string of the molecule is Oc1ccc2c(c1)CCC(NCCC1CCOC1)C2. The van der Waals surface area contributed by atoms with Crippen LogP contribution in [0.2, 0.25) is 0 Å².